The minimum absolute atomic E-state index is 0.0451. The first-order valence-electron chi connectivity index (χ1n) is 8.93. The zero-order valence-corrected chi connectivity index (χ0v) is 15.3. The van der Waals surface area contributed by atoms with E-state index in [0.717, 1.165) is 12.0 Å². The zero-order valence-electron chi connectivity index (χ0n) is 15.3. The van der Waals surface area contributed by atoms with Crippen LogP contribution in [0.1, 0.15) is 18.4 Å². The van der Waals surface area contributed by atoms with Gasteiger partial charge in [0.1, 0.15) is 29.4 Å². The molecule has 4 heterocycles. The average Bonchev–Trinajstić information content (AvgIpc) is 3.30. The molecule has 4 rings (SSSR count). The normalized spacial score (nSPS) is 16.3. The summed E-state index contributed by atoms with van der Waals surface area (Å²) >= 11 is 0. The molecule has 0 bridgehead atoms. The summed E-state index contributed by atoms with van der Waals surface area (Å²) in [6, 6.07) is 4.89. The molecule has 1 unspecified atom stereocenters. The molecule has 1 atom stereocenters. The third kappa shape index (κ3) is 3.36. The Morgan fingerprint density at radius 1 is 1.39 bits per heavy atom. The second-order valence-corrected chi connectivity index (χ2v) is 6.75. The van der Waals surface area contributed by atoms with Gasteiger partial charge in [-0.25, -0.2) is 19.3 Å². The van der Waals surface area contributed by atoms with Gasteiger partial charge in [0.2, 0.25) is 5.91 Å². The van der Waals surface area contributed by atoms with E-state index in [4.69, 9.17) is 5.26 Å². The second-order valence-electron chi connectivity index (χ2n) is 6.75. The Morgan fingerprint density at radius 3 is 3.07 bits per heavy atom. The van der Waals surface area contributed by atoms with Crippen LogP contribution in [0.5, 0.6) is 0 Å². The number of carbonyl (C=O) groups excluding carboxylic acids is 1. The summed E-state index contributed by atoms with van der Waals surface area (Å²) in [6.07, 6.45) is 5.34. The standard InChI is InChI=1S/C19H18FN7O/c1-12-8-23-19(15-9-22-16-3-2-13(20)10-27(15)16)25-18(12)24-14-5-7-26(11-14)17(28)4-6-21/h2-3,8-10,14H,4-5,7,11H2,1H3,(H,23,24,25). The van der Waals surface area contributed by atoms with Crippen molar-refractivity contribution in [1.29, 1.82) is 5.26 Å². The van der Waals surface area contributed by atoms with Crippen molar-refractivity contribution >= 4 is 17.4 Å². The molecule has 1 aliphatic heterocycles. The van der Waals surface area contributed by atoms with E-state index in [1.807, 2.05) is 13.0 Å². The highest BCUT2D eigenvalue weighted by atomic mass is 19.1. The Labute approximate surface area is 160 Å². The number of carbonyl (C=O) groups is 1. The first-order chi connectivity index (χ1) is 13.5. The minimum Gasteiger partial charge on any atom is -0.365 e. The van der Waals surface area contributed by atoms with Gasteiger partial charge in [-0.3, -0.25) is 9.20 Å². The Hall–Kier alpha value is -3.54. The van der Waals surface area contributed by atoms with Gasteiger partial charge in [0.05, 0.1) is 12.3 Å². The lowest BCUT2D eigenvalue weighted by Crippen LogP contribution is -2.31. The Bertz CT molecular complexity index is 1090. The average molecular weight is 379 g/mol. The molecule has 0 radical (unpaired) electrons. The number of amides is 1. The maximum Gasteiger partial charge on any atom is 0.236 e. The third-order valence-electron chi connectivity index (χ3n) is 4.78. The number of aryl methyl sites for hydroxylation is 1. The summed E-state index contributed by atoms with van der Waals surface area (Å²) in [6.45, 7) is 3.04. The van der Waals surface area contributed by atoms with Crippen LogP contribution in [-0.2, 0) is 4.79 Å². The first-order valence-corrected chi connectivity index (χ1v) is 8.93. The van der Waals surface area contributed by atoms with Crippen molar-refractivity contribution in [2.45, 2.75) is 25.8 Å². The van der Waals surface area contributed by atoms with Crippen LogP contribution in [0.15, 0.2) is 30.7 Å². The Morgan fingerprint density at radius 2 is 2.25 bits per heavy atom. The molecule has 3 aromatic rings. The predicted octanol–water partition coefficient (Wildman–Crippen LogP) is 2.17. The topological polar surface area (TPSA) is 99.2 Å². The van der Waals surface area contributed by atoms with Gasteiger partial charge in [-0.2, -0.15) is 5.26 Å². The molecule has 9 heteroatoms. The smallest absolute Gasteiger partial charge is 0.236 e. The van der Waals surface area contributed by atoms with Gasteiger partial charge in [-0.05, 0) is 25.5 Å². The Kier molecular flexibility index (Phi) is 4.61. The number of nitrogens with one attached hydrogen (secondary N) is 1. The van der Waals surface area contributed by atoms with E-state index in [-0.39, 0.29) is 24.2 Å². The number of fused-ring (bicyclic) bond motifs is 1. The van der Waals surface area contributed by atoms with E-state index in [1.165, 1.54) is 12.3 Å². The third-order valence-corrected chi connectivity index (χ3v) is 4.78. The molecule has 0 aromatic carbocycles. The fraction of sp³-hybridized carbons (Fsp3) is 0.316. The monoisotopic (exact) mass is 379 g/mol. The first kappa shape index (κ1) is 17.9. The molecule has 1 aliphatic rings. The number of hydrogen-bond donors (Lipinski definition) is 1. The van der Waals surface area contributed by atoms with Gasteiger partial charge in [0, 0.05) is 37.1 Å². The highest BCUT2D eigenvalue weighted by Crippen LogP contribution is 2.23. The lowest BCUT2D eigenvalue weighted by atomic mass is 10.2. The van der Waals surface area contributed by atoms with Crippen molar-refractivity contribution in [3.63, 3.8) is 0 Å². The summed E-state index contributed by atoms with van der Waals surface area (Å²) in [4.78, 5) is 26.8. The maximum atomic E-state index is 13.6. The highest BCUT2D eigenvalue weighted by Gasteiger charge is 2.26. The largest absolute Gasteiger partial charge is 0.365 e. The Balaban J connectivity index is 1.57. The lowest BCUT2D eigenvalue weighted by Gasteiger charge is -2.17. The van der Waals surface area contributed by atoms with Crippen molar-refractivity contribution in [2.75, 3.05) is 18.4 Å². The van der Waals surface area contributed by atoms with E-state index < -0.39 is 0 Å². The van der Waals surface area contributed by atoms with Crippen molar-refractivity contribution in [3.8, 4) is 17.6 Å². The van der Waals surface area contributed by atoms with Crippen molar-refractivity contribution in [1.82, 2.24) is 24.3 Å². The van der Waals surface area contributed by atoms with Crippen LogP contribution >= 0.6 is 0 Å². The SMILES string of the molecule is Cc1cnc(-c2cnc3ccc(F)cn23)nc1NC1CCN(C(=O)CC#N)C1. The van der Waals surface area contributed by atoms with E-state index in [2.05, 4.69) is 20.3 Å². The molecule has 0 saturated carbocycles. The highest BCUT2D eigenvalue weighted by molar-refractivity contribution is 5.78. The summed E-state index contributed by atoms with van der Waals surface area (Å²) in [5.74, 6) is 0.572. The number of anilines is 1. The molecule has 1 N–H and O–H groups in total. The van der Waals surface area contributed by atoms with E-state index in [9.17, 15) is 9.18 Å². The van der Waals surface area contributed by atoms with E-state index in [0.29, 0.717) is 36.1 Å². The van der Waals surface area contributed by atoms with Crippen LogP contribution in [0.3, 0.4) is 0 Å². The number of rotatable bonds is 4. The molecule has 1 saturated heterocycles. The fourth-order valence-corrected chi connectivity index (χ4v) is 3.31. The molecule has 142 valence electrons. The van der Waals surface area contributed by atoms with E-state index >= 15 is 0 Å². The fourth-order valence-electron chi connectivity index (χ4n) is 3.31. The minimum atomic E-state index is -0.370. The maximum absolute atomic E-state index is 13.6. The number of imidazole rings is 1. The van der Waals surface area contributed by atoms with Gasteiger partial charge in [-0.1, -0.05) is 0 Å². The summed E-state index contributed by atoms with van der Waals surface area (Å²) < 4.78 is 15.2. The lowest BCUT2D eigenvalue weighted by molar-refractivity contribution is -0.129. The molecule has 3 aromatic heterocycles. The second kappa shape index (κ2) is 7.23. The summed E-state index contributed by atoms with van der Waals surface area (Å²) in [5.41, 5.74) is 2.07. The van der Waals surface area contributed by atoms with Gasteiger partial charge < -0.3 is 10.2 Å². The molecule has 1 amide bonds. The van der Waals surface area contributed by atoms with Gasteiger partial charge in [0.25, 0.3) is 0 Å². The molecule has 0 spiro atoms. The van der Waals surface area contributed by atoms with Crippen LogP contribution in [0.2, 0.25) is 0 Å². The number of halogens is 1. The van der Waals surface area contributed by atoms with Crippen molar-refractivity contribution < 1.29 is 9.18 Å². The van der Waals surface area contributed by atoms with Gasteiger partial charge >= 0.3 is 0 Å². The number of likely N-dealkylation sites (tertiary alicyclic amines) is 1. The summed E-state index contributed by atoms with van der Waals surface area (Å²) in [5, 5.41) is 12.1. The van der Waals surface area contributed by atoms with E-state index in [1.54, 1.807) is 27.8 Å². The summed E-state index contributed by atoms with van der Waals surface area (Å²) in [7, 11) is 0. The number of nitrogens with zero attached hydrogens (tertiary/aromatic N) is 6. The molecular weight excluding hydrogens is 361 g/mol. The number of hydrogen-bond acceptors (Lipinski definition) is 6. The zero-order chi connectivity index (χ0) is 19.7. The number of nitriles is 1. The van der Waals surface area contributed by atoms with Gasteiger partial charge in [-0.15, -0.1) is 0 Å². The van der Waals surface area contributed by atoms with Crippen molar-refractivity contribution in [3.05, 3.63) is 42.1 Å². The molecule has 0 aliphatic carbocycles. The van der Waals surface area contributed by atoms with Crippen LogP contribution in [-0.4, -0.2) is 49.3 Å². The molecule has 1 fully saturated rings. The number of aromatic nitrogens is 4. The van der Waals surface area contributed by atoms with Crippen LogP contribution in [0.25, 0.3) is 17.2 Å². The van der Waals surface area contributed by atoms with Crippen LogP contribution < -0.4 is 5.32 Å². The van der Waals surface area contributed by atoms with Crippen LogP contribution in [0, 0.1) is 24.1 Å². The predicted molar refractivity (Wildman–Crippen MR) is 99.8 cm³/mol. The molecule has 8 nitrogen and oxygen atoms in total. The van der Waals surface area contributed by atoms with Crippen LogP contribution in [0.4, 0.5) is 10.2 Å². The van der Waals surface area contributed by atoms with Crippen molar-refractivity contribution in [2.24, 2.45) is 0 Å². The molecular formula is C19H18FN7O. The molecule has 28 heavy (non-hydrogen) atoms. The van der Waals surface area contributed by atoms with Gasteiger partial charge in [0.15, 0.2) is 5.82 Å². The number of pyridine rings is 1. The quantitative estimate of drug-likeness (QED) is 0.746.